The standard InChI is InChI=1S/C15H16N2O4/c1-21-10-11-5-2-3-6-12(11)16-14(18)9-17-8-4-7-13(17)15(19)20/h2-8H,9-10H2,1H3,(H,16,18)(H,19,20). The number of carboxylic acids is 1. The van der Waals surface area contributed by atoms with Crippen LogP contribution in [0.1, 0.15) is 16.1 Å². The molecule has 2 aromatic rings. The Morgan fingerprint density at radius 2 is 2.00 bits per heavy atom. The number of carboxylic acid groups (broad SMARTS) is 1. The molecule has 1 aromatic heterocycles. The van der Waals surface area contributed by atoms with Crippen LogP contribution >= 0.6 is 0 Å². The van der Waals surface area contributed by atoms with Crippen molar-refractivity contribution >= 4 is 17.6 Å². The van der Waals surface area contributed by atoms with Gasteiger partial charge in [0.25, 0.3) is 0 Å². The van der Waals surface area contributed by atoms with Crippen molar-refractivity contribution in [2.45, 2.75) is 13.2 Å². The number of hydrogen-bond acceptors (Lipinski definition) is 3. The Morgan fingerprint density at radius 3 is 2.71 bits per heavy atom. The number of ether oxygens (including phenoxy) is 1. The van der Waals surface area contributed by atoms with E-state index in [4.69, 9.17) is 9.84 Å². The fraction of sp³-hybridized carbons (Fsp3) is 0.200. The Labute approximate surface area is 122 Å². The Kier molecular flexibility index (Phi) is 4.73. The summed E-state index contributed by atoms with van der Waals surface area (Å²) >= 11 is 0. The number of methoxy groups -OCH3 is 1. The van der Waals surface area contributed by atoms with Crippen LogP contribution < -0.4 is 5.32 Å². The molecule has 110 valence electrons. The van der Waals surface area contributed by atoms with Crippen LogP contribution in [0.25, 0.3) is 0 Å². The van der Waals surface area contributed by atoms with E-state index in [1.807, 2.05) is 18.2 Å². The highest BCUT2D eigenvalue weighted by molar-refractivity contribution is 5.92. The van der Waals surface area contributed by atoms with E-state index < -0.39 is 5.97 Å². The second-order valence-electron chi connectivity index (χ2n) is 4.46. The van der Waals surface area contributed by atoms with Crippen molar-refractivity contribution in [3.63, 3.8) is 0 Å². The van der Waals surface area contributed by atoms with Gasteiger partial charge in [-0.25, -0.2) is 4.79 Å². The third-order valence-corrected chi connectivity index (χ3v) is 2.95. The number of anilines is 1. The summed E-state index contributed by atoms with van der Waals surface area (Å²) in [5.41, 5.74) is 1.60. The fourth-order valence-electron chi connectivity index (χ4n) is 2.01. The van der Waals surface area contributed by atoms with Gasteiger partial charge in [0.05, 0.1) is 6.61 Å². The van der Waals surface area contributed by atoms with Crippen molar-refractivity contribution in [2.75, 3.05) is 12.4 Å². The average Bonchev–Trinajstić information content (AvgIpc) is 2.89. The van der Waals surface area contributed by atoms with Crippen molar-refractivity contribution in [1.29, 1.82) is 0 Å². The van der Waals surface area contributed by atoms with E-state index in [9.17, 15) is 9.59 Å². The Balaban J connectivity index is 2.08. The first-order valence-electron chi connectivity index (χ1n) is 6.37. The molecule has 0 atom stereocenters. The minimum absolute atomic E-state index is 0.0596. The molecule has 21 heavy (non-hydrogen) atoms. The second-order valence-corrected chi connectivity index (χ2v) is 4.46. The zero-order chi connectivity index (χ0) is 15.2. The van der Waals surface area contributed by atoms with Gasteiger partial charge >= 0.3 is 5.97 Å². The number of aromatic carboxylic acids is 1. The monoisotopic (exact) mass is 288 g/mol. The molecule has 2 rings (SSSR count). The smallest absolute Gasteiger partial charge is 0.352 e. The summed E-state index contributed by atoms with van der Waals surface area (Å²) in [6.07, 6.45) is 1.56. The maximum Gasteiger partial charge on any atom is 0.352 e. The number of para-hydroxylation sites is 1. The molecule has 0 aliphatic rings. The van der Waals surface area contributed by atoms with Gasteiger partial charge in [-0.3, -0.25) is 4.79 Å². The molecule has 2 N–H and O–H groups in total. The maximum atomic E-state index is 12.0. The van der Waals surface area contributed by atoms with Gasteiger partial charge in [0.15, 0.2) is 0 Å². The molecular formula is C15H16N2O4. The molecule has 0 aliphatic carbocycles. The number of carbonyl (C=O) groups is 2. The van der Waals surface area contributed by atoms with Crippen LogP contribution in [0, 0.1) is 0 Å². The van der Waals surface area contributed by atoms with Gasteiger partial charge in [0, 0.05) is 24.6 Å². The minimum Gasteiger partial charge on any atom is -0.477 e. The average molecular weight is 288 g/mol. The quantitative estimate of drug-likeness (QED) is 0.851. The van der Waals surface area contributed by atoms with Gasteiger partial charge in [-0.1, -0.05) is 18.2 Å². The van der Waals surface area contributed by atoms with Crippen molar-refractivity contribution in [2.24, 2.45) is 0 Å². The fourth-order valence-corrected chi connectivity index (χ4v) is 2.01. The van der Waals surface area contributed by atoms with Gasteiger partial charge in [-0.05, 0) is 18.2 Å². The van der Waals surface area contributed by atoms with Crippen LogP contribution in [-0.4, -0.2) is 28.7 Å². The Hall–Kier alpha value is -2.60. The summed E-state index contributed by atoms with van der Waals surface area (Å²) in [5, 5.41) is 11.8. The number of hydrogen-bond donors (Lipinski definition) is 2. The molecule has 6 heteroatoms. The molecule has 0 aliphatic heterocycles. The number of aromatic nitrogens is 1. The van der Waals surface area contributed by atoms with Gasteiger partial charge in [0.2, 0.25) is 5.91 Å². The van der Waals surface area contributed by atoms with Crippen LogP contribution in [0.5, 0.6) is 0 Å². The Bertz CT molecular complexity index is 649. The first kappa shape index (κ1) is 14.8. The highest BCUT2D eigenvalue weighted by Crippen LogP contribution is 2.16. The highest BCUT2D eigenvalue weighted by atomic mass is 16.5. The largest absolute Gasteiger partial charge is 0.477 e. The van der Waals surface area contributed by atoms with Crippen molar-refractivity contribution in [3.05, 3.63) is 53.9 Å². The normalized spacial score (nSPS) is 10.3. The number of rotatable bonds is 6. The molecule has 0 radical (unpaired) electrons. The highest BCUT2D eigenvalue weighted by Gasteiger charge is 2.12. The molecule has 0 bridgehead atoms. The number of carbonyl (C=O) groups excluding carboxylic acids is 1. The van der Waals surface area contributed by atoms with Gasteiger partial charge in [-0.2, -0.15) is 0 Å². The second kappa shape index (κ2) is 6.71. The molecule has 0 saturated carbocycles. The van der Waals surface area contributed by atoms with E-state index in [-0.39, 0.29) is 18.1 Å². The zero-order valence-electron chi connectivity index (χ0n) is 11.6. The molecule has 1 amide bonds. The topological polar surface area (TPSA) is 80.6 Å². The summed E-state index contributed by atoms with van der Waals surface area (Å²) in [6.45, 7) is 0.330. The Morgan fingerprint density at radius 1 is 1.24 bits per heavy atom. The summed E-state index contributed by atoms with van der Waals surface area (Å²) < 4.78 is 6.46. The molecule has 0 spiro atoms. The van der Waals surface area contributed by atoms with Crippen LogP contribution in [0.4, 0.5) is 5.69 Å². The molecule has 1 aromatic carbocycles. The predicted molar refractivity (Wildman–Crippen MR) is 77.2 cm³/mol. The van der Waals surface area contributed by atoms with Crippen molar-refractivity contribution < 1.29 is 19.4 Å². The molecule has 0 saturated heterocycles. The number of nitrogens with one attached hydrogen (secondary N) is 1. The van der Waals surface area contributed by atoms with E-state index in [0.29, 0.717) is 12.3 Å². The lowest BCUT2D eigenvalue weighted by atomic mass is 10.2. The molecule has 0 unspecified atom stereocenters. The summed E-state index contributed by atoms with van der Waals surface area (Å²) in [4.78, 5) is 23.0. The number of nitrogens with zero attached hydrogens (tertiary/aromatic N) is 1. The van der Waals surface area contributed by atoms with E-state index >= 15 is 0 Å². The van der Waals surface area contributed by atoms with E-state index in [2.05, 4.69) is 5.32 Å². The SMILES string of the molecule is COCc1ccccc1NC(=O)Cn1cccc1C(=O)O. The minimum atomic E-state index is -1.06. The summed E-state index contributed by atoms with van der Waals surface area (Å²) in [5.74, 6) is -1.36. The van der Waals surface area contributed by atoms with Crippen LogP contribution in [0.3, 0.4) is 0 Å². The lowest BCUT2D eigenvalue weighted by Crippen LogP contribution is -2.21. The molecule has 1 heterocycles. The van der Waals surface area contributed by atoms with Gasteiger partial charge in [0.1, 0.15) is 12.2 Å². The van der Waals surface area contributed by atoms with Crippen LogP contribution in [0.2, 0.25) is 0 Å². The van der Waals surface area contributed by atoms with Crippen LogP contribution in [-0.2, 0) is 22.7 Å². The van der Waals surface area contributed by atoms with E-state index in [0.717, 1.165) is 5.56 Å². The summed E-state index contributed by atoms with van der Waals surface area (Å²) in [6, 6.07) is 10.4. The third kappa shape index (κ3) is 3.70. The maximum absolute atomic E-state index is 12.0. The van der Waals surface area contributed by atoms with Gasteiger partial charge in [-0.15, -0.1) is 0 Å². The van der Waals surface area contributed by atoms with Gasteiger partial charge < -0.3 is 19.7 Å². The number of benzene rings is 1. The lowest BCUT2D eigenvalue weighted by molar-refractivity contribution is -0.116. The first-order valence-corrected chi connectivity index (χ1v) is 6.37. The van der Waals surface area contributed by atoms with E-state index in [1.165, 1.54) is 10.6 Å². The zero-order valence-corrected chi connectivity index (χ0v) is 11.6. The van der Waals surface area contributed by atoms with Crippen molar-refractivity contribution in [1.82, 2.24) is 4.57 Å². The van der Waals surface area contributed by atoms with E-state index in [1.54, 1.807) is 25.4 Å². The molecule has 6 nitrogen and oxygen atoms in total. The lowest BCUT2D eigenvalue weighted by Gasteiger charge is -2.11. The van der Waals surface area contributed by atoms with Crippen molar-refractivity contribution in [3.8, 4) is 0 Å². The third-order valence-electron chi connectivity index (χ3n) is 2.95. The predicted octanol–water partition coefficient (Wildman–Crippen LogP) is 1.97. The molecule has 0 fully saturated rings. The number of amides is 1. The molecular weight excluding hydrogens is 272 g/mol. The first-order chi connectivity index (χ1) is 10.1. The van der Waals surface area contributed by atoms with Crippen LogP contribution in [0.15, 0.2) is 42.6 Å². The summed E-state index contributed by atoms with van der Waals surface area (Å²) in [7, 11) is 1.58.